The molecular weight excluding hydrogens is 318 g/mol. The van der Waals surface area contributed by atoms with E-state index in [1.807, 2.05) is 0 Å². The summed E-state index contributed by atoms with van der Waals surface area (Å²) in [6, 6.07) is 5.55. The number of aromatic carboxylic acids is 1. The molecule has 0 atom stereocenters. The highest BCUT2D eigenvalue weighted by molar-refractivity contribution is 7.92. The van der Waals surface area contributed by atoms with Gasteiger partial charge in [-0.15, -0.1) is 0 Å². The zero-order valence-corrected chi connectivity index (χ0v) is 12.3. The van der Waals surface area contributed by atoms with Crippen molar-refractivity contribution in [1.82, 2.24) is 9.97 Å². The van der Waals surface area contributed by atoms with Crippen LogP contribution in [0.2, 0.25) is 5.02 Å². The van der Waals surface area contributed by atoms with Gasteiger partial charge in [0, 0.05) is 11.2 Å². The maximum absolute atomic E-state index is 12.1. The van der Waals surface area contributed by atoms with Gasteiger partial charge < -0.3 is 5.11 Å². The summed E-state index contributed by atoms with van der Waals surface area (Å²) in [5, 5.41) is 9.27. The molecule has 0 aliphatic heterocycles. The minimum atomic E-state index is -3.86. The number of carboxylic acid groups (broad SMARTS) is 1. The number of benzene rings is 1. The average molecular weight is 328 g/mol. The number of rotatable bonds is 4. The molecule has 0 aliphatic rings. The number of halogens is 1. The van der Waals surface area contributed by atoms with E-state index in [9.17, 15) is 13.2 Å². The fraction of sp³-hybridized carbons (Fsp3) is 0.0833. The molecule has 110 valence electrons. The Balaban J connectivity index is 2.31. The lowest BCUT2D eigenvalue weighted by Crippen LogP contribution is -2.16. The molecule has 1 heterocycles. The average Bonchev–Trinajstić information content (AvgIpc) is 2.38. The maximum Gasteiger partial charge on any atom is 0.339 e. The number of carboxylic acids is 1. The minimum Gasteiger partial charge on any atom is -0.478 e. The topological polar surface area (TPSA) is 109 Å². The molecular formula is C12H10ClN3O4S. The SMILES string of the molecule is Cc1nc(NS(=O)(=O)c2ccc(Cl)cc2)ncc1C(=O)O. The Morgan fingerprint density at radius 3 is 2.43 bits per heavy atom. The van der Waals surface area contributed by atoms with Crippen LogP contribution in [0, 0.1) is 6.92 Å². The Morgan fingerprint density at radius 2 is 1.90 bits per heavy atom. The molecule has 21 heavy (non-hydrogen) atoms. The van der Waals surface area contributed by atoms with Crippen LogP contribution in [0.5, 0.6) is 0 Å². The maximum atomic E-state index is 12.1. The van der Waals surface area contributed by atoms with Gasteiger partial charge in [-0.3, -0.25) is 0 Å². The van der Waals surface area contributed by atoms with Crippen molar-refractivity contribution in [2.45, 2.75) is 11.8 Å². The number of nitrogens with zero attached hydrogens (tertiary/aromatic N) is 2. The minimum absolute atomic E-state index is 0.00420. The van der Waals surface area contributed by atoms with Gasteiger partial charge in [0.15, 0.2) is 0 Å². The van der Waals surface area contributed by atoms with E-state index in [1.165, 1.54) is 31.2 Å². The fourth-order valence-corrected chi connectivity index (χ4v) is 2.60. The fourth-order valence-electron chi connectivity index (χ4n) is 1.52. The van der Waals surface area contributed by atoms with E-state index in [0.29, 0.717) is 5.02 Å². The molecule has 0 radical (unpaired) electrons. The third-order valence-corrected chi connectivity index (χ3v) is 4.16. The lowest BCUT2D eigenvalue weighted by Gasteiger charge is -2.08. The number of aryl methyl sites for hydroxylation is 1. The van der Waals surface area contributed by atoms with E-state index < -0.39 is 16.0 Å². The van der Waals surface area contributed by atoms with Crippen molar-refractivity contribution < 1.29 is 18.3 Å². The Labute approximate surface area is 125 Å². The second kappa shape index (κ2) is 5.66. The Kier molecular flexibility index (Phi) is 4.10. The summed E-state index contributed by atoms with van der Waals surface area (Å²) in [5.41, 5.74) is 0.0655. The largest absolute Gasteiger partial charge is 0.478 e. The highest BCUT2D eigenvalue weighted by Gasteiger charge is 2.17. The lowest BCUT2D eigenvalue weighted by atomic mass is 10.2. The molecule has 9 heteroatoms. The first-order valence-corrected chi connectivity index (χ1v) is 7.51. The molecule has 7 nitrogen and oxygen atoms in total. The summed E-state index contributed by atoms with van der Waals surface area (Å²) < 4.78 is 26.4. The quantitative estimate of drug-likeness (QED) is 0.888. The van der Waals surface area contributed by atoms with E-state index in [4.69, 9.17) is 16.7 Å². The first-order valence-electron chi connectivity index (χ1n) is 5.65. The predicted octanol–water partition coefficient (Wildman–Crippen LogP) is 1.94. The predicted molar refractivity (Wildman–Crippen MR) is 76.0 cm³/mol. The zero-order chi connectivity index (χ0) is 15.6. The van der Waals surface area contributed by atoms with Crippen LogP contribution in [0.15, 0.2) is 35.4 Å². The van der Waals surface area contributed by atoms with Crippen molar-refractivity contribution in [3.63, 3.8) is 0 Å². The first-order chi connectivity index (χ1) is 9.79. The van der Waals surface area contributed by atoms with E-state index in [0.717, 1.165) is 6.20 Å². The van der Waals surface area contributed by atoms with Gasteiger partial charge in [-0.2, -0.15) is 0 Å². The molecule has 0 amide bonds. The van der Waals surface area contributed by atoms with Crippen molar-refractivity contribution in [2.24, 2.45) is 0 Å². The van der Waals surface area contributed by atoms with E-state index in [1.54, 1.807) is 0 Å². The zero-order valence-electron chi connectivity index (χ0n) is 10.7. The number of hydrogen-bond donors (Lipinski definition) is 2. The van der Waals surface area contributed by atoms with Gasteiger partial charge >= 0.3 is 5.97 Å². The van der Waals surface area contributed by atoms with Gasteiger partial charge in [0.25, 0.3) is 10.0 Å². The van der Waals surface area contributed by atoms with E-state index in [2.05, 4.69) is 14.7 Å². The number of sulfonamides is 1. The summed E-state index contributed by atoms with van der Waals surface area (Å²) in [6.07, 6.45) is 1.05. The summed E-state index contributed by atoms with van der Waals surface area (Å²) in [4.78, 5) is 18.3. The second-order valence-electron chi connectivity index (χ2n) is 4.06. The summed E-state index contributed by atoms with van der Waals surface area (Å²) in [5.74, 6) is -1.38. The molecule has 1 aromatic heterocycles. The highest BCUT2D eigenvalue weighted by Crippen LogP contribution is 2.17. The van der Waals surface area contributed by atoms with E-state index >= 15 is 0 Å². The molecule has 0 saturated carbocycles. The van der Waals surface area contributed by atoms with Gasteiger partial charge in [-0.1, -0.05) is 11.6 Å². The van der Waals surface area contributed by atoms with E-state index in [-0.39, 0.29) is 22.1 Å². The molecule has 1 aromatic carbocycles. The van der Waals surface area contributed by atoms with Crippen molar-refractivity contribution in [3.8, 4) is 0 Å². The van der Waals surface area contributed by atoms with Crippen LogP contribution in [-0.2, 0) is 10.0 Å². The van der Waals surface area contributed by atoms with Crippen LogP contribution in [0.1, 0.15) is 16.1 Å². The van der Waals surface area contributed by atoms with Crippen molar-refractivity contribution in [2.75, 3.05) is 4.72 Å². The number of anilines is 1. The van der Waals surface area contributed by atoms with Crippen LogP contribution in [0.3, 0.4) is 0 Å². The lowest BCUT2D eigenvalue weighted by molar-refractivity contribution is 0.0695. The van der Waals surface area contributed by atoms with Gasteiger partial charge in [0.2, 0.25) is 5.95 Å². The number of nitrogens with one attached hydrogen (secondary N) is 1. The van der Waals surface area contributed by atoms with Gasteiger partial charge in [-0.25, -0.2) is 27.9 Å². The van der Waals surface area contributed by atoms with Gasteiger partial charge in [-0.05, 0) is 31.2 Å². The first kappa shape index (κ1) is 15.2. The van der Waals surface area contributed by atoms with Crippen molar-refractivity contribution in [1.29, 1.82) is 0 Å². The smallest absolute Gasteiger partial charge is 0.339 e. The third-order valence-electron chi connectivity index (χ3n) is 2.56. The molecule has 0 aliphatic carbocycles. The van der Waals surface area contributed by atoms with Crippen LogP contribution in [0.4, 0.5) is 5.95 Å². The Morgan fingerprint density at radius 1 is 1.29 bits per heavy atom. The number of aromatic nitrogens is 2. The Bertz CT molecular complexity index is 791. The highest BCUT2D eigenvalue weighted by atomic mass is 35.5. The van der Waals surface area contributed by atoms with Gasteiger partial charge in [0.05, 0.1) is 16.2 Å². The molecule has 0 spiro atoms. The normalized spacial score (nSPS) is 11.1. The molecule has 0 fully saturated rings. The van der Waals surface area contributed by atoms with Crippen LogP contribution in [-0.4, -0.2) is 29.5 Å². The Hall–Kier alpha value is -2.19. The monoisotopic (exact) mass is 327 g/mol. The number of carbonyl (C=O) groups is 1. The van der Waals surface area contributed by atoms with Crippen LogP contribution < -0.4 is 4.72 Å². The summed E-state index contributed by atoms with van der Waals surface area (Å²) in [6.45, 7) is 1.45. The third kappa shape index (κ3) is 3.47. The van der Waals surface area contributed by atoms with Crippen LogP contribution >= 0.6 is 11.6 Å². The molecule has 0 unspecified atom stereocenters. The van der Waals surface area contributed by atoms with Crippen molar-refractivity contribution in [3.05, 3.63) is 46.7 Å². The van der Waals surface area contributed by atoms with Crippen molar-refractivity contribution >= 4 is 33.5 Å². The molecule has 2 N–H and O–H groups in total. The molecule has 2 aromatic rings. The summed E-state index contributed by atoms with van der Waals surface area (Å²) in [7, 11) is -3.86. The molecule has 0 bridgehead atoms. The number of hydrogen-bond acceptors (Lipinski definition) is 5. The molecule has 2 rings (SSSR count). The van der Waals surface area contributed by atoms with Gasteiger partial charge in [0.1, 0.15) is 0 Å². The second-order valence-corrected chi connectivity index (χ2v) is 6.18. The standard InChI is InChI=1S/C12H10ClN3O4S/c1-7-10(11(17)18)6-14-12(15-7)16-21(19,20)9-4-2-8(13)3-5-9/h2-6H,1H3,(H,17,18)(H,14,15,16). The summed E-state index contributed by atoms with van der Waals surface area (Å²) >= 11 is 5.69. The molecule has 0 saturated heterocycles. The van der Waals surface area contributed by atoms with Crippen LogP contribution in [0.25, 0.3) is 0 Å².